The first-order valence-electron chi connectivity index (χ1n) is 9.80. The van der Waals surface area contributed by atoms with E-state index in [1.807, 2.05) is 30.1 Å². The Kier molecular flexibility index (Phi) is 3.95. The summed E-state index contributed by atoms with van der Waals surface area (Å²) in [5.41, 5.74) is 1.22. The number of benzene rings is 1. The Balaban J connectivity index is 1.37. The number of rotatable bonds is 2. The lowest BCUT2D eigenvalue weighted by Gasteiger charge is -2.45. The van der Waals surface area contributed by atoms with Crippen LogP contribution in [-0.4, -0.2) is 65.1 Å². The average molecular weight is 426 g/mol. The second-order valence-electron chi connectivity index (χ2n) is 8.79. The van der Waals surface area contributed by atoms with E-state index in [1.165, 1.54) is 0 Å². The van der Waals surface area contributed by atoms with Gasteiger partial charge in [-0.15, -0.1) is 19.7 Å². The molecule has 0 atom stereocenters. The molecule has 0 amide bonds. The molecule has 9 nitrogen and oxygen atoms in total. The highest BCUT2D eigenvalue weighted by Crippen LogP contribution is 2.30. The third kappa shape index (κ3) is 2.85. The van der Waals surface area contributed by atoms with Gasteiger partial charge in [-0.1, -0.05) is 32.9 Å². The van der Waals surface area contributed by atoms with Crippen LogP contribution in [-0.2, 0) is 15.4 Å². The standard InChI is InChI=1S/C20H23N7O2S/c1-20(2,3)19-22-21-16-9-10-17(23-27(16)19)26-11-13(12-26)25(4)18-14-7-5-6-8-15(14)30(28,29)24-18/h5-10,13H,11-12H2,1-4H3. The Morgan fingerprint density at radius 2 is 1.80 bits per heavy atom. The fourth-order valence-electron chi connectivity index (χ4n) is 3.82. The van der Waals surface area contributed by atoms with E-state index >= 15 is 0 Å². The lowest BCUT2D eigenvalue weighted by atomic mass is 9.96. The van der Waals surface area contributed by atoms with Crippen molar-refractivity contribution in [2.45, 2.75) is 37.1 Å². The topological polar surface area (TPSA) is 96.1 Å². The van der Waals surface area contributed by atoms with Gasteiger partial charge in [0.25, 0.3) is 10.0 Å². The van der Waals surface area contributed by atoms with E-state index in [4.69, 9.17) is 5.10 Å². The average Bonchev–Trinajstić information content (AvgIpc) is 3.19. The highest BCUT2D eigenvalue weighted by molar-refractivity contribution is 7.90. The van der Waals surface area contributed by atoms with E-state index in [0.29, 0.717) is 11.4 Å². The first-order valence-corrected chi connectivity index (χ1v) is 11.2. The minimum Gasteiger partial charge on any atom is -0.352 e. The monoisotopic (exact) mass is 425 g/mol. The van der Waals surface area contributed by atoms with Crippen molar-refractivity contribution in [1.82, 2.24) is 24.7 Å². The second kappa shape index (κ2) is 6.24. The zero-order valence-electron chi connectivity index (χ0n) is 17.3. The number of likely N-dealkylation sites (N-methyl/N-ethyl adjacent to an activating group) is 1. The molecular weight excluding hydrogens is 402 g/mol. The van der Waals surface area contributed by atoms with Crippen LogP contribution in [0.1, 0.15) is 32.2 Å². The molecule has 10 heteroatoms. The van der Waals surface area contributed by atoms with Gasteiger partial charge in [0.1, 0.15) is 10.7 Å². The molecule has 5 rings (SSSR count). The quantitative estimate of drug-likeness (QED) is 0.616. The Labute approximate surface area is 175 Å². The highest BCUT2D eigenvalue weighted by Gasteiger charge is 2.38. The normalized spacial score (nSPS) is 18.3. The highest BCUT2D eigenvalue weighted by atomic mass is 32.2. The van der Waals surface area contributed by atoms with Crippen LogP contribution < -0.4 is 4.90 Å². The van der Waals surface area contributed by atoms with Gasteiger partial charge >= 0.3 is 0 Å². The van der Waals surface area contributed by atoms with E-state index in [1.54, 1.807) is 22.7 Å². The zero-order valence-corrected chi connectivity index (χ0v) is 18.1. The number of nitrogens with zero attached hydrogens (tertiary/aromatic N) is 7. The van der Waals surface area contributed by atoms with Crippen LogP contribution in [0.4, 0.5) is 5.82 Å². The molecule has 1 saturated heterocycles. The van der Waals surface area contributed by atoms with Gasteiger partial charge in [-0.3, -0.25) is 0 Å². The number of sulfonamides is 1. The van der Waals surface area contributed by atoms with Crippen LogP contribution >= 0.6 is 0 Å². The van der Waals surface area contributed by atoms with Crippen LogP contribution in [0.25, 0.3) is 5.65 Å². The van der Waals surface area contributed by atoms with Crippen molar-refractivity contribution in [3.05, 3.63) is 47.8 Å². The summed E-state index contributed by atoms with van der Waals surface area (Å²) in [4.78, 5) is 4.39. The number of hydrogen-bond donors (Lipinski definition) is 0. The summed E-state index contributed by atoms with van der Waals surface area (Å²) in [5.74, 6) is 2.17. The molecular formula is C20H23N7O2S. The minimum absolute atomic E-state index is 0.144. The molecule has 3 aromatic rings. The fourth-order valence-corrected chi connectivity index (χ4v) is 5.06. The van der Waals surface area contributed by atoms with Crippen molar-refractivity contribution in [2.24, 2.45) is 4.40 Å². The van der Waals surface area contributed by atoms with Gasteiger partial charge in [-0.25, -0.2) is 0 Å². The molecule has 0 radical (unpaired) electrons. The molecule has 2 aliphatic rings. The molecule has 0 bridgehead atoms. The Hall–Kier alpha value is -3.01. The summed E-state index contributed by atoms with van der Waals surface area (Å²) in [7, 11) is -1.72. The number of anilines is 1. The zero-order chi connectivity index (χ0) is 21.3. The molecule has 0 saturated carbocycles. The summed E-state index contributed by atoms with van der Waals surface area (Å²) in [6.45, 7) is 7.70. The fraction of sp³-hybridized carbons (Fsp3) is 0.400. The molecule has 0 unspecified atom stereocenters. The first kappa shape index (κ1) is 19.0. The third-order valence-electron chi connectivity index (χ3n) is 5.60. The largest absolute Gasteiger partial charge is 0.352 e. The van der Waals surface area contributed by atoms with E-state index in [9.17, 15) is 8.42 Å². The molecule has 2 aromatic heterocycles. The van der Waals surface area contributed by atoms with Crippen molar-refractivity contribution in [3.8, 4) is 0 Å². The van der Waals surface area contributed by atoms with E-state index in [0.717, 1.165) is 30.4 Å². The minimum atomic E-state index is -3.62. The lowest BCUT2D eigenvalue weighted by molar-refractivity contribution is 0.302. The molecule has 1 fully saturated rings. The number of aromatic nitrogens is 4. The van der Waals surface area contributed by atoms with Crippen LogP contribution in [0.5, 0.6) is 0 Å². The summed E-state index contributed by atoms with van der Waals surface area (Å²) >= 11 is 0. The summed E-state index contributed by atoms with van der Waals surface area (Å²) in [6, 6.07) is 11.0. The van der Waals surface area contributed by atoms with Gasteiger partial charge < -0.3 is 9.80 Å². The van der Waals surface area contributed by atoms with Crippen molar-refractivity contribution in [3.63, 3.8) is 0 Å². The maximum Gasteiger partial charge on any atom is 0.285 e. The third-order valence-corrected chi connectivity index (χ3v) is 6.93. The van der Waals surface area contributed by atoms with Crippen LogP contribution in [0.2, 0.25) is 0 Å². The maximum atomic E-state index is 12.3. The van der Waals surface area contributed by atoms with Crippen LogP contribution in [0, 0.1) is 0 Å². The molecule has 0 aliphatic carbocycles. The number of amidine groups is 1. The van der Waals surface area contributed by atoms with E-state index < -0.39 is 10.0 Å². The van der Waals surface area contributed by atoms with Gasteiger partial charge in [0.15, 0.2) is 17.3 Å². The van der Waals surface area contributed by atoms with Crippen molar-refractivity contribution < 1.29 is 8.42 Å². The summed E-state index contributed by atoms with van der Waals surface area (Å²) < 4.78 is 30.5. The number of hydrogen-bond acceptors (Lipinski definition) is 7. The molecule has 2 aliphatic heterocycles. The SMILES string of the molecule is CN(C1=NS(=O)(=O)c2ccccc21)C1CN(c2ccc3nnc(C(C)(C)C)n3n2)C1. The predicted molar refractivity (Wildman–Crippen MR) is 113 cm³/mol. The van der Waals surface area contributed by atoms with Crippen molar-refractivity contribution in [1.29, 1.82) is 0 Å². The Bertz CT molecular complexity index is 1280. The van der Waals surface area contributed by atoms with Gasteiger partial charge in [0.05, 0.1) is 6.04 Å². The summed E-state index contributed by atoms with van der Waals surface area (Å²) in [5, 5.41) is 13.3. The molecule has 1 aromatic carbocycles. The molecule has 4 heterocycles. The van der Waals surface area contributed by atoms with Crippen LogP contribution in [0.15, 0.2) is 45.7 Å². The first-order chi connectivity index (χ1) is 14.1. The van der Waals surface area contributed by atoms with Crippen molar-refractivity contribution >= 4 is 27.3 Å². The number of fused-ring (bicyclic) bond motifs is 2. The summed E-state index contributed by atoms with van der Waals surface area (Å²) in [6.07, 6.45) is 0. The second-order valence-corrected chi connectivity index (χ2v) is 10.4. The molecule has 156 valence electrons. The Morgan fingerprint density at radius 3 is 2.53 bits per heavy atom. The van der Waals surface area contributed by atoms with Gasteiger partial charge in [0.2, 0.25) is 0 Å². The molecule has 0 N–H and O–H groups in total. The van der Waals surface area contributed by atoms with Crippen LogP contribution in [0.3, 0.4) is 0 Å². The smallest absolute Gasteiger partial charge is 0.285 e. The van der Waals surface area contributed by atoms with Gasteiger partial charge in [-0.05, 0) is 24.3 Å². The predicted octanol–water partition coefficient (Wildman–Crippen LogP) is 1.69. The van der Waals surface area contributed by atoms with Gasteiger partial charge in [0, 0.05) is 31.1 Å². The van der Waals surface area contributed by atoms with Gasteiger partial charge in [-0.2, -0.15) is 12.9 Å². The van der Waals surface area contributed by atoms with E-state index in [-0.39, 0.29) is 16.4 Å². The molecule has 30 heavy (non-hydrogen) atoms. The lowest BCUT2D eigenvalue weighted by Crippen LogP contribution is -2.60. The maximum absolute atomic E-state index is 12.3. The Morgan fingerprint density at radius 1 is 1.07 bits per heavy atom. The van der Waals surface area contributed by atoms with Crippen molar-refractivity contribution in [2.75, 3.05) is 25.0 Å². The van der Waals surface area contributed by atoms with E-state index in [2.05, 4.69) is 40.3 Å². The molecule has 0 spiro atoms.